The summed E-state index contributed by atoms with van der Waals surface area (Å²) in [4.78, 5) is 31.8. The van der Waals surface area contributed by atoms with Crippen molar-refractivity contribution < 1.29 is 9.59 Å². The van der Waals surface area contributed by atoms with Gasteiger partial charge in [-0.1, -0.05) is 12.8 Å². The van der Waals surface area contributed by atoms with Gasteiger partial charge in [-0.15, -0.1) is 23.7 Å². The fourth-order valence-electron chi connectivity index (χ4n) is 4.80. The van der Waals surface area contributed by atoms with Crippen LogP contribution in [0, 0.1) is 18.3 Å². The summed E-state index contributed by atoms with van der Waals surface area (Å²) in [5.74, 6) is 0.949. The zero-order chi connectivity index (χ0) is 17.4. The van der Waals surface area contributed by atoms with Gasteiger partial charge in [0.25, 0.3) is 5.91 Å². The molecule has 0 spiro atoms. The summed E-state index contributed by atoms with van der Waals surface area (Å²) >= 11 is 1.55. The number of halogens is 1. The maximum absolute atomic E-state index is 13.3. The maximum atomic E-state index is 13.3. The van der Waals surface area contributed by atoms with Crippen molar-refractivity contribution in [2.45, 2.75) is 32.6 Å². The van der Waals surface area contributed by atoms with Gasteiger partial charge < -0.3 is 15.1 Å². The minimum Gasteiger partial charge on any atom is -0.339 e. The number of thiophene rings is 1. The normalized spacial score (nSPS) is 28.4. The summed E-state index contributed by atoms with van der Waals surface area (Å²) < 4.78 is 0. The molecule has 3 fully saturated rings. The van der Waals surface area contributed by atoms with Crippen LogP contribution >= 0.6 is 23.7 Å². The molecule has 7 heteroatoms. The molecule has 5 nitrogen and oxygen atoms in total. The number of carbonyl (C=O) groups excluding carboxylic acids is 2. The Morgan fingerprint density at radius 3 is 2.58 bits per heavy atom. The van der Waals surface area contributed by atoms with Crippen molar-refractivity contribution in [3.63, 3.8) is 0 Å². The summed E-state index contributed by atoms with van der Waals surface area (Å²) in [6.07, 6.45) is 4.62. The average Bonchev–Trinajstić information content (AvgIpc) is 3.27. The van der Waals surface area contributed by atoms with Crippen LogP contribution in [0.4, 0.5) is 0 Å². The molecule has 1 aliphatic carbocycles. The Morgan fingerprint density at radius 2 is 1.88 bits per heavy atom. The largest absolute Gasteiger partial charge is 0.339 e. The molecule has 144 valence electrons. The Hall–Kier alpha value is -1.11. The molecule has 4 rings (SSSR count). The summed E-state index contributed by atoms with van der Waals surface area (Å²) in [7, 11) is 0. The molecule has 1 aromatic heterocycles. The molecular weight excluding hydrogens is 370 g/mol. The fourth-order valence-corrected chi connectivity index (χ4v) is 5.64. The summed E-state index contributed by atoms with van der Waals surface area (Å²) in [6.45, 7) is 6.48. The lowest BCUT2D eigenvalue weighted by Gasteiger charge is -2.43. The number of nitrogens with one attached hydrogen (secondary N) is 1. The third-order valence-electron chi connectivity index (χ3n) is 6.27. The maximum Gasteiger partial charge on any atom is 0.264 e. The van der Waals surface area contributed by atoms with Crippen LogP contribution in [0.1, 0.15) is 40.2 Å². The number of rotatable bonds is 2. The number of fused-ring (bicyclic) bond motifs is 1. The minimum atomic E-state index is -0.171. The van der Waals surface area contributed by atoms with Crippen LogP contribution in [-0.4, -0.2) is 60.9 Å². The monoisotopic (exact) mass is 397 g/mol. The summed E-state index contributed by atoms with van der Waals surface area (Å²) in [5, 5.41) is 3.47. The van der Waals surface area contributed by atoms with Crippen LogP contribution in [0.2, 0.25) is 0 Å². The Morgan fingerprint density at radius 1 is 1.15 bits per heavy atom. The van der Waals surface area contributed by atoms with E-state index in [0.717, 1.165) is 29.3 Å². The molecule has 0 aromatic carbocycles. The number of amides is 2. The van der Waals surface area contributed by atoms with Crippen LogP contribution in [-0.2, 0) is 4.79 Å². The molecule has 2 saturated heterocycles. The predicted molar refractivity (Wildman–Crippen MR) is 106 cm³/mol. The lowest BCUT2D eigenvalue weighted by Crippen LogP contribution is -2.56. The highest BCUT2D eigenvalue weighted by Crippen LogP contribution is 2.45. The van der Waals surface area contributed by atoms with Crippen molar-refractivity contribution in [3.8, 4) is 0 Å². The lowest BCUT2D eigenvalue weighted by molar-refractivity contribution is -0.146. The SMILES string of the molecule is Cc1ccc(C(=O)N2CCN(C(=O)[C@@]34CCCC[C@H]3CNC4)CC2)s1.Cl. The van der Waals surface area contributed by atoms with Crippen LogP contribution in [0.15, 0.2) is 12.1 Å². The molecule has 3 aliphatic rings. The molecule has 0 radical (unpaired) electrons. The highest BCUT2D eigenvalue weighted by Gasteiger charge is 2.51. The van der Waals surface area contributed by atoms with Gasteiger partial charge >= 0.3 is 0 Å². The van der Waals surface area contributed by atoms with E-state index < -0.39 is 0 Å². The van der Waals surface area contributed by atoms with Crippen molar-refractivity contribution >= 4 is 35.6 Å². The second-order valence-electron chi connectivity index (χ2n) is 7.72. The number of nitrogens with zero attached hydrogens (tertiary/aromatic N) is 2. The Bertz CT molecular complexity index is 671. The van der Waals surface area contributed by atoms with Crippen LogP contribution in [0.5, 0.6) is 0 Å². The van der Waals surface area contributed by atoms with Gasteiger partial charge in [0, 0.05) is 37.6 Å². The summed E-state index contributed by atoms with van der Waals surface area (Å²) in [5.41, 5.74) is -0.171. The van der Waals surface area contributed by atoms with Gasteiger partial charge in [0.1, 0.15) is 0 Å². The summed E-state index contributed by atoms with van der Waals surface area (Å²) in [6, 6.07) is 3.91. The molecule has 0 unspecified atom stereocenters. The van der Waals surface area contributed by atoms with Crippen molar-refractivity contribution in [1.82, 2.24) is 15.1 Å². The quantitative estimate of drug-likeness (QED) is 0.834. The first kappa shape index (κ1) is 19.6. The zero-order valence-corrected chi connectivity index (χ0v) is 17.0. The highest BCUT2D eigenvalue weighted by atomic mass is 35.5. The minimum absolute atomic E-state index is 0. The average molecular weight is 398 g/mol. The second-order valence-corrected chi connectivity index (χ2v) is 9.01. The number of carbonyl (C=O) groups is 2. The van der Waals surface area contributed by atoms with E-state index in [1.54, 1.807) is 11.3 Å². The molecule has 2 aliphatic heterocycles. The van der Waals surface area contributed by atoms with E-state index in [9.17, 15) is 9.59 Å². The smallest absolute Gasteiger partial charge is 0.264 e. The van der Waals surface area contributed by atoms with Gasteiger partial charge in [-0.3, -0.25) is 9.59 Å². The molecule has 1 saturated carbocycles. The second kappa shape index (κ2) is 7.87. The first-order chi connectivity index (χ1) is 12.1. The van der Waals surface area contributed by atoms with E-state index in [1.807, 2.05) is 28.9 Å². The highest BCUT2D eigenvalue weighted by molar-refractivity contribution is 7.13. The van der Waals surface area contributed by atoms with Crippen molar-refractivity contribution in [1.29, 1.82) is 0 Å². The van der Waals surface area contributed by atoms with Gasteiger partial charge in [-0.2, -0.15) is 0 Å². The Balaban J connectivity index is 0.00000196. The molecule has 1 N–H and O–H groups in total. The molecule has 26 heavy (non-hydrogen) atoms. The van der Waals surface area contributed by atoms with Crippen LogP contribution in [0.3, 0.4) is 0 Å². The first-order valence-corrected chi connectivity index (χ1v) is 10.3. The van der Waals surface area contributed by atoms with Crippen molar-refractivity contribution in [3.05, 3.63) is 21.9 Å². The number of aryl methyl sites for hydroxylation is 1. The number of hydrogen-bond acceptors (Lipinski definition) is 4. The van der Waals surface area contributed by atoms with E-state index >= 15 is 0 Å². The van der Waals surface area contributed by atoms with Gasteiger partial charge in [0.2, 0.25) is 5.91 Å². The van der Waals surface area contributed by atoms with Crippen LogP contribution in [0.25, 0.3) is 0 Å². The Kier molecular flexibility index (Phi) is 5.94. The van der Waals surface area contributed by atoms with Gasteiger partial charge in [0.15, 0.2) is 0 Å². The zero-order valence-electron chi connectivity index (χ0n) is 15.3. The number of hydrogen-bond donors (Lipinski definition) is 1. The predicted octanol–water partition coefficient (Wildman–Crippen LogP) is 2.54. The molecule has 1 aromatic rings. The molecule has 2 amide bonds. The van der Waals surface area contributed by atoms with Crippen molar-refractivity contribution in [2.75, 3.05) is 39.3 Å². The van der Waals surface area contributed by atoms with E-state index in [4.69, 9.17) is 0 Å². The topological polar surface area (TPSA) is 52.7 Å². The molecular formula is C19H28ClN3O2S. The van der Waals surface area contributed by atoms with Crippen molar-refractivity contribution in [2.24, 2.45) is 11.3 Å². The molecule has 0 bridgehead atoms. The van der Waals surface area contributed by atoms with E-state index in [-0.39, 0.29) is 23.7 Å². The van der Waals surface area contributed by atoms with Gasteiger partial charge in [0.05, 0.1) is 10.3 Å². The number of piperazine rings is 1. The molecule has 2 atom stereocenters. The standard InChI is InChI=1S/C19H27N3O2S.ClH/c1-14-5-6-16(25-14)17(23)21-8-10-22(11-9-21)18(24)19-7-3-2-4-15(19)12-20-13-19;/h5-6,15,20H,2-4,7-13H2,1H3;1H/t15-,19+;/m0./s1. The molecule has 3 heterocycles. The van der Waals surface area contributed by atoms with E-state index in [0.29, 0.717) is 38.0 Å². The third-order valence-corrected chi connectivity index (χ3v) is 7.26. The fraction of sp³-hybridized carbons (Fsp3) is 0.684. The van der Waals surface area contributed by atoms with Gasteiger partial charge in [-0.05, 0) is 44.4 Å². The lowest BCUT2D eigenvalue weighted by atomic mass is 9.67. The first-order valence-electron chi connectivity index (χ1n) is 9.46. The van der Waals surface area contributed by atoms with E-state index in [1.165, 1.54) is 19.3 Å². The van der Waals surface area contributed by atoms with Gasteiger partial charge in [-0.25, -0.2) is 0 Å². The third kappa shape index (κ3) is 3.39. The van der Waals surface area contributed by atoms with Crippen LogP contribution < -0.4 is 5.32 Å². The Labute approximate surface area is 165 Å². The van der Waals surface area contributed by atoms with E-state index in [2.05, 4.69) is 5.32 Å².